The molecule has 0 amide bonds. The van der Waals surface area contributed by atoms with Crippen LogP contribution in [0.15, 0.2) is 23.2 Å². The van der Waals surface area contributed by atoms with Gasteiger partial charge in [-0.25, -0.2) is 0 Å². The highest BCUT2D eigenvalue weighted by molar-refractivity contribution is 5.93. The van der Waals surface area contributed by atoms with Crippen molar-refractivity contribution in [2.75, 3.05) is 7.05 Å². The van der Waals surface area contributed by atoms with Gasteiger partial charge in [-0.1, -0.05) is 17.7 Å². The van der Waals surface area contributed by atoms with E-state index in [1.807, 2.05) is 25.1 Å². The van der Waals surface area contributed by atoms with Crippen molar-refractivity contribution in [3.05, 3.63) is 34.9 Å². The second-order valence-corrected chi connectivity index (χ2v) is 2.66. The molecule has 0 aliphatic heterocycles. The summed E-state index contributed by atoms with van der Waals surface area (Å²) in [6.07, 6.45) is 3.11. The molecule has 0 saturated carbocycles. The van der Waals surface area contributed by atoms with Gasteiger partial charge in [0.1, 0.15) is 0 Å². The molecule has 0 bridgehead atoms. The summed E-state index contributed by atoms with van der Waals surface area (Å²) >= 11 is 0. The van der Waals surface area contributed by atoms with E-state index in [9.17, 15) is 0 Å². The van der Waals surface area contributed by atoms with Crippen LogP contribution >= 0.6 is 0 Å². The van der Waals surface area contributed by atoms with Crippen molar-refractivity contribution in [1.29, 1.82) is 5.41 Å². The molecule has 0 aliphatic rings. The number of nitrogens with zero attached hydrogens (tertiary/aromatic N) is 1. The van der Waals surface area contributed by atoms with Gasteiger partial charge in [-0.05, 0) is 13.0 Å². The molecule has 0 fully saturated rings. The maximum atomic E-state index is 7.15. The van der Waals surface area contributed by atoms with Crippen LogP contribution in [0, 0.1) is 12.3 Å². The Bertz CT molecular complexity index is 314. The highest BCUT2D eigenvalue weighted by Gasteiger charge is 1.95. The third-order valence-electron chi connectivity index (χ3n) is 1.67. The Morgan fingerprint density at radius 3 is 2.67 bits per heavy atom. The van der Waals surface area contributed by atoms with E-state index in [-0.39, 0.29) is 0 Å². The van der Waals surface area contributed by atoms with Gasteiger partial charge in [-0.2, -0.15) is 0 Å². The van der Waals surface area contributed by atoms with Crippen molar-refractivity contribution in [3.63, 3.8) is 0 Å². The summed E-state index contributed by atoms with van der Waals surface area (Å²) in [5.41, 5.74) is 3.11. The molecule has 1 aromatic rings. The zero-order chi connectivity index (χ0) is 8.97. The minimum Gasteiger partial charge on any atom is -0.308 e. The number of rotatable bonds is 2. The van der Waals surface area contributed by atoms with E-state index in [1.54, 1.807) is 13.3 Å². The van der Waals surface area contributed by atoms with E-state index >= 15 is 0 Å². The largest absolute Gasteiger partial charge is 0.308 e. The van der Waals surface area contributed by atoms with Crippen molar-refractivity contribution in [2.24, 2.45) is 4.99 Å². The minimum absolute atomic E-state index is 0.909. The Morgan fingerprint density at radius 2 is 2.08 bits per heavy atom. The van der Waals surface area contributed by atoms with Crippen LogP contribution in [0.3, 0.4) is 0 Å². The van der Waals surface area contributed by atoms with Crippen molar-refractivity contribution >= 4 is 12.4 Å². The monoisotopic (exact) mass is 160 g/mol. The summed E-state index contributed by atoms with van der Waals surface area (Å²) in [6, 6.07) is 5.94. The average molecular weight is 160 g/mol. The van der Waals surface area contributed by atoms with E-state index in [0.29, 0.717) is 0 Å². The van der Waals surface area contributed by atoms with Crippen LogP contribution in [0.2, 0.25) is 0 Å². The minimum atomic E-state index is 0.909. The summed E-state index contributed by atoms with van der Waals surface area (Å²) in [5.74, 6) is 0. The van der Waals surface area contributed by atoms with Crippen molar-refractivity contribution in [3.8, 4) is 0 Å². The van der Waals surface area contributed by atoms with Gasteiger partial charge in [0.05, 0.1) is 0 Å². The van der Waals surface area contributed by atoms with Gasteiger partial charge in [0.25, 0.3) is 0 Å². The van der Waals surface area contributed by atoms with Gasteiger partial charge >= 0.3 is 0 Å². The first-order valence-electron chi connectivity index (χ1n) is 3.81. The lowest BCUT2D eigenvalue weighted by atomic mass is 10.1. The zero-order valence-corrected chi connectivity index (χ0v) is 7.33. The molecule has 12 heavy (non-hydrogen) atoms. The second-order valence-electron chi connectivity index (χ2n) is 2.66. The molecule has 0 aliphatic carbocycles. The highest BCUT2D eigenvalue weighted by Crippen LogP contribution is 2.07. The van der Waals surface area contributed by atoms with Crippen molar-refractivity contribution in [1.82, 2.24) is 0 Å². The molecular weight excluding hydrogens is 148 g/mol. The summed E-state index contributed by atoms with van der Waals surface area (Å²) in [5, 5.41) is 7.15. The first kappa shape index (κ1) is 8.65. The predicted octanol–water partition coefficient (Wildman–Crippen LogP) is 2.04. The van der Waals surface area contributed by atoms with Gasteiger partial charge in [0, 0.05) is 30.6 Å². The lowest BCUT2D eigenvalue weighted by molar-refractivity contribution is 1.42. The Balaban J connectivity index is 3.20. The average Bonchev–Trinajstić information content (AvgIpc) is 2.05. The normalized spacial score (nSPS) is 10.5. The molecule has 0 unspecified atom stereocenters. The zero-order valence-electron chi connectivity index (χ0n) is 7.33. The number of benzene rings is 1. The molecule has 0 spiro atoms. The van der Waals surface area contributed by atoms with Gasteiger partial charge in [0.2, 0.25) is 0 Å². The standard InChI is InChI=1S/C10H12N2/c1-8-3-4-9(6-11)10(5-8)7-12-2/h3-7,11H,1-2H3. The summed E-state index contributed by atoms with van der Waals surface area (Å²) in [4.78, 5) is 3.93. The van der Waals surface area contributed by atoms with Gasteiger partial charge < -0.3 is 5.41 Å². The highest BCUT2D eigenvalue weighted by atomic mass is 14.6. The van der Waals surface area contributed by atoms with Crippen LogP contribution in [-0.4, -0.2) is 19.5 Å². The van der Waals surface area contributed by atoms with E-state index in [0.717, 1.165) is 11.1 Å². The molecule has 0 radical (unpaired) electrons. The van der Waals surface area contributed by atoms with Crippen molar-refractivity contribution in [2.45, 2.75) is 6.92 Å². The first-order chi connectivity index (χ1) is 5.77. The van der Waals surface area contributed by atoms with Crippen LogP contribution in [0.4, 0.5) is 0 Å². The lowest BCUT2D eigenvalue weighted by Gasteiger charge is -1.99. The fourth-order valence-electron chi connectivity index (χ4n) is 1.08. The van der Waals surface area contributed by atoms with Gasteiger partial charge in [-0.3, -0.25) is 4.99 Å². The molecule has 2 heteroatoms. The van der Waals surface area contributed by atoms with E-state index < -0.39 is 0 Å². The maximum Gasteiger partial charge on any atom is 0.0288 e. The van der Waals surface area contributed by atoms with Crippen LogP contribution in [-0.2, 0) is 0 Å². The number of nitrogens with one attached hydrogen (secondary N) is 1. The van der Waals surface area contributed by atoms with Crippen molar-refractivity contribution < 1.29 is 0 Å². The number of hydrogen-bond acceptors (Lipinski definition) is 2. The molecular formula is C10H12N2. The second kappa shape index (κ2) is 3.81. The molecule has 1 rings (SSSR count). The Hall–Kier alpha value is -1.44. The van der Waals surface area contributed by atoms with E-state index in [2.05, 4.69) is 4.99 Å². The van der Waals surface area contributed by atoms with Crippen LogP contribution in [0.5, 0.6) is 0 Å². The van der Waals surface area contributed by atoms with Crippen LogP contribution in [0.1, 0.15) is 16.7 Å². The SMILES string of the molecule is CN=Cc1cc(C)ccc1C=N. The molecule has 0 saturated heterocycles. The maximum absolute atomic E-state index is 7.15. The molecule has 1 N–H and O–H groups in total. The number of aliphatic imine (C=N–C) groups is 1. The molecule has 62 valence electrons. The molecule has 2 nitrogen and oxygen atoms in total. The smallest absolute Gasteiger partial charge is 0.0288 e. The number of hydrogen-bond donors (Lipinski definition) is 1. The van der Waals surface area contributed by atoms with E-state index in [1.165, 1.54) is 11.8 Å². The third-order valence-corrected chi connectivity index (χ3v) is 1.67. The van der Waals surface area contributed by atoms with E-state index in [4.69, 9.17) is 5.41 Å². The third kappa shape index (κ3) is 1.78. The summed E-state index contributed by atoms with van der Waals surface area (Å²) < 4.78 is 0. The number of aryl methyl sites for hydroxylation is 1. The quantitative estimate of drug-likeness (QED) is 0.643. The summed E-state index contributed by atoms with van der Waals surface area (Å²) in [6.45, 7) is 2.03. The van der Waals surface area contributed by atoms with Gasteiger partial charge in [0.15, 0.2) is 0 Å². The lowest BCUT2D eigenvalue weighted by Crippen LogP contribution is -1.91. The molecule has 0 heterocycles. The Labute approximate surface area is 72.5 Å². The summed E-state index contributed by atoms with van der Waals surface area (Å²) in [7, 11) is 1.73. The van der Waals surface area contributed by atoms with Crippen LogP contribution < -0.4 is 0 Å². The molecule has 0 aromatic heterocycles. The Morgan fingerprint density at radius 1 is 1.33 bits per heavy atom. The topological polar surface area (TPSA) is 36.2 Å². The first-order valence-corrected chi connectivity index (χ1v) is 3.81. The molecule has 0 atom stereocenters. The fourth-order valence-corrected chi connectivity index (χ4v) is 1.08. The molecule has 1 aromatic carbocycles. The fraction of sp³-hybridized carbons (Fsp3) is 0.200. The predicted molar refractivity (Wildman–Crippen MR) is 52.6 cm³/mol. The van der Waals surface area contributed by atoms with Gasteiger partial charge in [-0.15, -0.1) is 0 Å². The Kier molecular flexibility index (Phi) is 2.75. The van der Waals surface area contributed by atoms with Crippen LogP contribution in [0.25, 0.3) is 0 Å².